The van der Waals surface area contributed by atoms with Crippen molar-refractivity contribution in [3.8, 4) is 0 Å². The number of carbonyl (C=O) groups excluding carboxylic acids is 1. The van der Waals surface area contributed by atoms with Crippen LogP contribution in [0.25, 0.3) is 10.2 Å². The Labute approximate surface area is 149 Å². The van der Waals surface area contributed by atoms with Crippen LogP contribution in [0.1, 0.15) is 11.3 Å². The zero-order valence-corrected chi connectivity index (χ0v) is 14.8. The summed E-state index contributed by atoms with van der Waals surface area (Å²) in [6, 6.07) is 2.14. The van der Waals surface area contributed by atoms with E-state index in [1.165, 1.54) is 11.2 Å². The standard InChI is InChI=1S/C16H19N7OS/c1-12-8-13-15(18-10-19-16(13)25-12)22-6-4-21(5-7-22)14(24)2-3-23-11-17-9-20-23/h8-11H,2-7H2,1H3. The fourth-order valence-electron chi connectivity index (χ4n) is 3.10. The third-order valence-corrected chi connectivity index (χ3v) is 5.34. The average Bonchev–Trinajstić information content (AvgIpc) is 3.27. The lowest BCUT2D eigenvalue weighted by atomic mass is 10.2. The van der Waals surface area contributed by atoms with E-state index >= 15 is 0 Å². The van der Waals surface area contributed by atoms with Crippen LogP contribution in [0.15, 0.2) is 25.0 Å². The number of anilines is 1. The van der Waals surface area contributed by atoms with Crippen LogP contribution in [0.2, 0.25) is 0 Å². The van der Waals surface area contributed by atoms with Gasteiger partial charge in [0, 0.05) is 37.5 Å². The highest BCUT2D eigenvalue weighted by molar-refractivity contribution is 7.18. The number of amides is 1. The molecule has 8 nitrogen and oxygen atoms in total. The van der Waals surface area contributed by atoms with Gasteiger partial charge in [-0.25, -0.2) is 15.0 Å². The summed E-state index contributed by atoms with van der Waals surface area (Å²) in [4.78, 5) is 31.5. The molecule has 9 heteroatoms. The first-order valence-electron chi connectivity index (χ1n) is 8.27. The summed E-state index contributed by atoms with van der Waals surface area (Å²) in [5, 5.41) is 5.14. The van der Waals surface area contributed by atoms with Crippen molar-refractivity contribution < 1.29 is 4.79 Å². The Morgan fingerprint density at radius 3 is 2.80 bits per heavy atom. The van der Waals surface area contributed by atoms with Crippen LogP contribution in [0.3, 0.4) is 0 Å². The number of aromatic nitrogens is 5. The molecule has 0 aliphatic carbocycles. The van der Waals surface area contributed by atoms with Gasteiger partial charge in [0.25, 0.3) is 0 Å². The SMILES string of the molecule is Cc1cc2c(N3CCN(C(=O)CCn4cncn4)CC3)ncnc2s1. The van der Waals surface area contributed by atoms with Gasteiger partial charge in [-0.1, -0.05) is 0 Å². The van der Waals surface area contributed by atoms with Crippen molar-refractivity contribution in [3.63, 3.8) is 0 Å². The molecule has 0 bridgehead atoms. The largest absolute Gasteiger partial charge is 0.352 e. The molecule has 4 rings (SSSR count). The number of carbonyl (C=O) groups is 1. The molecule has 1 saturated heterocycles. The van der Waals surface area contributed by atoms with E-state index in [4.69, 9.17) is 0 Å². The van der Waals surface area contributed by atoms with Crippen molar-refractivity contribution in [2.75, 3.05) is 31.1 Å². The molecule has 25 heavy (non-hydrogen) atoms. The monoisotopic (exact) mass is 357 g/mol. The molecule has 130 valence electrons. The minimum atomic E-state index is 0.161. The van der Waals surface area contributed by atoms with Crippen molar-refractivity contribution in [1.29, 1.82) is 0 Å². The smallest absolute Gasteiger partial charge is 0.224 e. The maximum absolute atomic E-state index is 12.4. The normalized spacial score (nSPS) is 15.1. The lowest BCUT2D eigenvalue weighted by Crippen LogP contribution is -2.49. The summed E-state index contributed by atoms with van der Waals surface area (Å²) in [7, 11) is 0. The molecule has 0 spiro atoms. The molecule has 3 aromatic rings. The first-order valence-corrected chi connectivity index (χ1v) is 9.08. The second-order valence-corrected chi connectivity index (χ2v) is 7.28. The number of hydrogen-bond acceptors (Lipinski definition) is 7. The van der Waals surface area contributed by atoms with E-state index in [-0.39, 0.29) is 5.91 Å². The third-order valence-electron chi connectivity index (χ3n) is 4.38. The Kier molecular flexibility index (Phi) is 4.31. The zero-order valence-electron chi connectivity index (χ0n) is 14.0. The van der Waals surface area contributed by atoms with Gasteiger partial charge in [0.2, 0.25) is 5.91 Å². The topological polar surface area (TPSA) is 80.0 Å². The zero-order chi connectivity index (χ0) is 17.2. The third kappa shape index (κ3) is 3.32. The number of thiophene rings is 1. The maximum atomic E-state index is 12.4. The van der Waals surface area contributed by atoms with Crippen LogP contribution in [0, 0.1) is 6.92 Å². The highest BCUT2D eigenvalue weighted by atomic mass is 32.1. The molecule has 4 heterocycles. The van der Waals surface area contributed by atoms with Gasteiger partial charge < -0.3 is 9.80 Å². The highest BCUT2D eigenvalue weighted by Gasteiger charge is 2.23. The van der Waals surface area contributed by atoms with Crippen LogP contribution < -0.4 is 4.90 Å². The summed E-state index contributed by atoms with van der Waals surface area (Å²) < 4.78 is 1.69. The lowest BCUT2D eigenvalue weighted by Gasteiger charge is -2.35. The lowest BCUT2D eigenvalue weighted by molar-refractivity contribution is -0.131. The second-order valence-electron chi connectivity index (χ2n) is 6.05. The van der Waals surface area contributed by atoms with Gasteiger partial charge >= 0.3 is 0 Å². The van der Waals surface area contributed by atoms with E-state index in [0.717, 1.165) is 29.1 Å². The Morgan fingerprint density at radius 1 is 1.20 bits per heavy atom. The quantitative estimate of drug-likeness (QED) is 0.701. The van der Waals surface area contributed by atoms with Crippen molar-refractivity contribution >= 4 is 33.3 Å². The number of rotatable bonds is 4. The predicted octanol–water partition coefficient (Wildman–Crippen LogP) is 1.33. The molecule has 1 fully saturated rings. The van der Waals surface area contributed by atoms with E-state index in [0.29, 0.717) is 26.1 Å². The average molecular weight is 357 g/mol. The van der Waals surface area contributed by atoms with E-state index in [9.17, 15) is 4.79 Å². The molecule has 0 saturated carbocycles. The van der Waals surface area contributed by atoms with Gasteiger partial charge in [0.1, 0.15) is 29.6 Å². The second kappa shape index (κ2) is 6.75. The minimum Gasteiger partial charge on any atom is -0.352 e. The first kappa shape index (κ1) is 15.9. The van der Waals surface area contributed by atoms with Gasteiger partial charge in [-0.05, 0) is 13.0 Å². The van der Waals surface area contributed by atoms with Crippen molar-refractivity contribution in [1.82, 2.24) is 29.6 Å². The summed E-state index contributed by atoms with van der Waals surface area (Å²) in [5.41, 5.74) is 0. The number of nitrogens with zero attached hydrogens (tertiary/aromatic N) is 7. The predicted molar refractivity (Wildman–Crippen MR) is 95.6 cm³/mol. The Bertz CT molecular complexity index is 868. The molecule has 1 aliphatic heterocycles. The fraction of sp³-hybridized carbons (Fsp3) is 0.438. The number of fused-ring (bicyclic) bond motifs is 1. The molecule has 0 aromatic carbocycles. The molecule has 0 unspecified atom stereocenters. The summed E-state index contributed by atoms with van der Waals surface area (Å²) in [5.74, 6) is 1.14. The summed E-state index contributed by atoms with van der Waals surface area (Å²) in [6.45, 7) is 5.66. The molecular formula is C16H19N7OS. The van der Waals surface area contributed by atoms with E-state index in [1.807, 2.05) is 4.90 Å². The van der Waals surface area contributed by atoms with Crippen LogP contribution in [0.4, 0.5) is 5.82 Å². The van der Waals surface area contributed by atoms with Crippen LogP contribution >= 0.6 is 11.3 Å². The van der Waals surface area contributed by atoms with Gasteiger partial charge in [0.05, 0.1) is 11.9 Å². The Balaban J connectivity index is 1.38. The minimum absolute atomic E-state index is 0.161. The molecular weight excluding hydrogens is 338 g/mol. The first-order chi connectivity index (χ1) is 12.2. The number of aryl methyl sites for hydroxylation is 2. The molecule has 0 radical (unpaired) electrons. The van der Waals surface area contributed by atoms with Crippen LogP contribution in [0.5, 0.6) is 0 Å². The van der Waals surface area contributed by atoms with Crippen molar-refractivity contribution in [3.05, 3.63) is 29.9 Å². The molecule has 0 N–H and O–H groups in total. The van der Waals surface area contributed by atoms with Gasteiger partial charge in [-0.2, -0.15) is 5.10 Å². The van der Waals surface area contributed by atoms with Crippen LogP contribution in [-0.2, 0) is 11.3 Å². The van der Waals surface area contributed by atoms with Crippen LogP contribution in [-0.4, -0.2) is 61.7 Å². The molecule has 0 atom stereocenters. The van der Waals surface area contributed by atoms with Gasteiger partial charge in [-0.15, -0.1) is 11.3 Å². The fourth-order valence-corrected chi connectivity index (χ4v) is 3.94. The van der Waals surface area contributed by atoms with E-state index < -0.39 is 0 Å². The van der Waals surface area contributed by atoms with Gasteiger partial charge in [-0.3, -0.25) is 9.48 Å². The molecule has 1 amide bonds. The van der Waals surface area contributed by atoms with Gasteiger partial charge in [0.15, 0.2) is 0 Å². The molecule has 1 aliphatic rings. The molecule has 3 aromatic heterocycles. The number of piperazine rings is 1. The number of hydrogen-bond donors (Lipinski definition) is 0. The highest BCUT2D eigenvalue weighted by Crippen LogP contribution is 2.30. The summed E-state index contributed by atoms with van der Waals surface area (Å²) >= 11 is 1.69. The Hall–Kier alpha value is -2.55. The van der Waals surface area contributed by atoms with Crippen molar-refractivity contribution in [2.24, 2.45) is 0 Å². The maximum Gasteiger partial charge on any atom is 0.224 e. The Morgan fingerprint density at radius 2 is 2.04 bits per heavy atom. The van der Waals surface area contributed by atoms with E-state index in [2.05, 4.69) is 37.9 Å². The summed E-state index contributed by atoms with van der Waals surface area (Å²) in [6.07, 6.45) is 5.19. The van der Waals surface area contributed by atoms with Crippen molar-refractivity contribution in [2.45, 2.75) is 19.9 Å². The van der Waals surface area contributed by atoms with E-state index in [1.54, 1.807) is 28.7 Å².